The van der Waals surface area contributed by atoms with Crippen molar-refractivity contribution in [3.8, 4) is 0 Å². The Bertz CT molecular complexity index is 210. The van der Waals surface area contributed by atoms with Crippen molar-refractivity contribution in [3.05, 3.63) is 0 Å². The molecule has 3 nitrogen and oxygen atoms in total. The van der Waals surface area contributed by atoms with Gasteiger partial charge in [0.15, 0.2) is 0 Å². The van der Waals surface area contributed by atoms with Crippen LogP contribution in [0.3, 0.4) is 0 Å². The fraction of sp³-hybridized carbons (Fsp3) is 0.889. The van der Waals surface area contributed by atoms with Crippen molar-refractivity contribution in [2.45, 2.75) is 38.1 Å². The van der Waals surface area contributed by atoms with E-state index in [0.717, 1.165) is 19.4 Å². The molecule has 76 valence electrons. The van der Waals surface area contributed by atoms with Gasteiger partial charge in [-0.3, -0.25) is 4.79 Å². The SMILES string of the molecule is Cl.NC1CCCC2(CNC(=O)C2)C1. The van der Waals surface area contributed by atoms with Gasteiger partial charge in [0.05, 0.1) is 0 Å². The van der Waals surface area contributed by atoms with Crippen LogP contribution < -0.4 is 11.1 Å². The molecule has 1 aliphatic heterocycles. The van der Waals surface area contributed by atoms with Gasteiger partial charge in [-0.05, 0) is 24.7 Å². The number of carbonyl (C=O) groups is 1. The van der Waals surface area contributed by atoms with Crippen molar-refractivity contribution in [3.63, 3.8) is 0 Å². The third-order valence-electron chi connectivity index (χ3n) is 3.17. The predicted molar refractivity (Wildman–Crippen MR) is 53.8 cm³/mol. The molecule has 1 saturated heterocycles. The van der Waals surface area contributed by atoms with Crippen LogP contribution in [0.1, 0.15) is 32.1 Å². The van der Waals surface area contributed by atoms with Crippen LogP contribution in [0.4, 0.5) is 0 Å². The van der Waals surface area contributed by atoms with Gasteiger partial charge in [-0.15, -0.1) is 12.4 Å². The topological polar surface area (TPSA) is 55.1 Å². The first-order valence-corrected chi connectivity index (χ1v) is 4.73. The Morgan fingerprint density at radius 1 is 1.54 bits per heavy atom. The van der Waals surface area contributed by atoms with Gasteiger partial charge >= 0.3 is 0 Å². The van der Waals surface area contributed by atoms with Crippen molar-refractivity contribution in [2.24, 2.45) is 11.1 Å². The molecule has 0 aromatic heterocycles. The first-order valence-electron chi connectivity index (χ1n) is 4.73. The van der Waals surface area contributed by atoms with Gasteiger partial charge in [0.2, 0.25) is 5.91 Å². The zero-order valence-corrected chi connectivity index (χ0v) is 8.53. The quantitative estimate of drug-likeness (QED) is 0.614. The lowest BCUT2D eigenvalue weighted by molar-refractivity contribution is -0.119. The largest absolute Gasteiger partial charge is 0.356 e. The number of carbonyl (C=O) groups excluding carboxylic acids is 1. The van der Waals surface area contributed by atoms with E-state index >= 15 is 0 Å². The highest BCUT2D eigenvalue weighted by molar-refractivity contribution is 5.85. The Morgan fingerprint density at radius 3 is 2.85 bits per heavy atom. The van der Waals surface area contributed by atoms with Crippen LogP contribution in [-0.2, 0) is 4.79 Å². The summed E-state index contributed by atoms with van der Waals surface area (Å²) in [6, 6.07) is 0.325. The van der Waals surface area contributed by atoms with Crippen molar-refractivity contribution in [1.29, 1.82) is 0 Å². The highest BCUT2D eigenvalue weighted by atomic mass is 35.5. The summed E-state index contributed by atoms with van der Waals surface area (Å²) in [4.78, 5) is 11.1. The van der Waals surface area contributed by atoms with Gasteiger partial charge in [0.25, 0.3) is 0 Å². The van der Waals surface area contributed by atoms with Gasteiger partial charge in [0, 0.05) is 19.0 Å². The summed E-state index contributed by atoms with van der Waals surface area (Å²) in [7, 11) is 0. The van der Waals surface area contributed by atoms with Gasteiger partial charge < -0.3 is 11.1 Å². The summed E-state index contributed by atoms with van der Waals surface area (Å²) in [5.74, 6) is 0.212. The number of rotatable bonds is 0. The second-order valence-corrected chi connectivity index (χ2v) is 4.31. The van der Waals surface area contributed by atoms with Crippen molar-refractivity contribution in [1.82, 2.24) is 5.32 Å². The van der Waals surface area contributed by atoms with E-state index in [1.54, 1.807) is 0 Å². The predicted octanol–water partition coefficient (Wildman–Crippen LogP) is 0.816. The molecule has 1 spiro atoms. The zero-order valence-electron chi connectivity index (χ0n) is 7.71. The summed E-state index contributed by atoms with van der Waals surface area (Å²) in [5, 5.41) is 2.91. The lowest BCUT2D eigenvalue weighted by Crippen LogP contribution is -2.37. The fourth-order valence-corrected chi connectivity index (χ4v) is 2.57. The number of hydrogen-bond acceptors (Lipinski definition) is 2. The monoisotopic (exact) mass is 204 g/mol. The summed E-state index contributed by atoms with van der Waals surface area (Å²) < 4.78 is 0. The second-order valence-electron chi connectivity index (χ2n) is 4.31. The highest BCUT2D eigenvalue weighted by Gasteiger charge is 2.41. The molecule has 1 aliphatic carbocycles. The maximum Gasteiger partial charge on any atom is 0.220 e. The van der Waals surface area contributed by atoms with E-state index in [2.05, 4.69) is 5.32 Å². The van der Waals surface area contributed by atoms with E-state index in [1.165, 1.54) is 12.8 Å². The Kier molecular flexibility index (Phi) is 3.19. The zero-order chi connectivity index (χ0) is 8.60. The van der Waals surface area contributed by atoms with Gasteiger partial charge in [-0.1, -0.05) is 6.42 Å². The molecule has 4 heteroatoms. The molecular weight excluding hydrogens is 188 g/mol. The van der Waals surface area contributed by atoms with E-state index in [0.29, 0.717) is 12.5 Å². The molecule has 2 atom stereocenters. The molecule has 1 heterocycles. The standard InChI is InChI=1S/C9H16N2O.ClH/c10-7-2-1-3-9(4-7)5-8(12)11-6-9;/h7H,1-6,10H2,(H,11,12);1H. The smallest absolute Gasteiger partial charge is 0.220 e. The number of nitrogens with one attached hydrogen (secondary N) is 1. The van der Waals surface area contributed by atoms with Crippen LogP contribution in [0.2, 0.25) is 0 Å². The molecule has 2 rings (SSSR count). The lowest BCUT2D eigenvalue weighted by Gasteiger charge is -2.34. The molecule has 0 aromatic carbocycles. The summed E-state index contributed by atoms with van der Waals surface area (Å²) >= 11 is 0. The Labute approximate surface area is 84.9 Å². The average Bonchev–Trinajstić information content (AvgIpc) is 2.32. The molecule has 1 saturated carbocycles. The Morgan fingerprint density at radius 2 is 2.31 bits per heavy atom. The molecular formula is C9H17ClN2O. The van der Waals surface area contributed by atoms with E-state index in [1.807, 2.05) is 0 Å². The summed E-state index contributed by atoms with van der Waals surface area (Å²) in [5.41, 5.74) is 6.13. The summed E-state index contributed by atoms with van der Waals surface area (Å²) in [6.45, 7) is 0.861. The molecule has 2 fully saturated rings. The third-order valence-corrected chi connectivity index (χ3v) is 3.17. The number of halogens is 1. The lowest BCUT2D eigenvalue weighted by atomic mass is 9.72. The molecule has 0 bridgehead atoms. The van der Waals surface area contributed by atoms with Crippen molar-refractivity contribution in [2.75, 3.05) is 6.54 Å². The van der Waals surface area contributed by atoms with E-state index in [9.17, 15) is 4.79 Å². The fourth-order valence-electron chi connectivity index (χ4n) is 2.57. The number of nitrogens with two attached hydrogens (primary N) is 1. The van der Waals surface area contributed by atoms with Crippen LogP contribution in [0.5, 0.6) is 0 Å². The molecule has 2 unspecified atom stereocenters. The minimum absolute atomic E-state index is 0. The Hall–Kier alpha value is -0.280. The van der Waals surface area contributed by atoms with E-state index < -0.39 is 0 Å². The molecule has 0 aromatic rings. The van der Waals surface area contributed by atoms with Crippen molar-refractivity contribution >= 4 is 18.3 Å². The van der Waals surface area contributed by atoms with E-state index in [-0.39, 0.29) is 23.7 Å². The number of hydrogen-bond donors (Lipinski definition) is 2. The van der Waals surface area contributed by atoms with Crippen LogP contribution in [-0.4, -0.2) is 18.5 Å². The number of amides is 1. The average molecular weight is 205 g/mol. The maximum absolute atomic E-state index is 11.1. The van der Waals surface area contributed by atoms with E-state index in [4.69, 9.17) is 5.73 Å². The molecule has 2 aliphatic rings. The molecule has 3 N–H and O–H groups in total. The maximum atomic E-state index is 11.1. The first kappa shape index (κ1) is 10.8. The molecule has 13 heavy (non-hydrogen) atoms. The molecule has 0 radical (unpaired) electrons. The second kappa shape index (κ2) is 3.84. The van der Waals surface area contributed by atoms with Gasteiger partial charge in [0.1, 0.15) is 0 Å². The third kappa shape index (κ3) is 2.15. The van der Waals surface area contributed by atoms with Crippen LogP contribution >= 0.6 is 12.4 Å². The van der Waals surface area contributed by atoms with Crippen LogP contribution in [0.15, 0.2) is 0 Å². The highest BCUT2D eigenvalue weighted by Crippen LogP contribution is 2.40. The summed E-state index contributed by atoms with van der Waals surface area (Å²) in [6.07, 6.45) is 5.25. The molecule has 1 amide bonds. The minimum Gasteiger partial charge on any atom is -0.356 e. The van der Waals surface area contributed by atoms with Crippen LogP contribution in [0.25, 0.3) is 0 Å². The van der Waals surface area contributed by atoms with Gasteiger partial charge in [-0.2, -0.15) is 0 Å². The van der Waals surface area contributed by atoms with Crippen LogP contribution in [0, 0.1) is 5.41 Å². The minimum atomic E-state index is 0. The van der Waals surface area contributed by atoms with Crippen molar-refractivity contribution < 1.29 is 4.79 Å². The first-order chi connectivity index (χ1) is 5.70. The normalized spacial score (nSPS) is 38.5. The van der Waals surface area contributed by atoms with Gasteiger partial charge in [-0.25, -0.2) is 0 Å². The Balaban J connectivity index is 0.000000845.